The predicted molar refractivity (Wildman–Crippen MR) is 71.7 cm³/mol. The lowest BCUT2D eigenvalue weighted by Gasteiger charge is -2.50. The summed E-state index contributed by atoms with van der Waals surface area (Å²) in [5.41, 5.74) is 1.11. The zero-order valence-corrected chi connectivity index (χ0v) is 11.9. The van der Waals surface area contributed by atoms with E-state index >= 15 is 0 Å². The molecule has 0 radical (unpaired) electrons. The van der Waals surface area contributed by atoms with Gasteiger partial charge >= 0.3 is 0 Å². The van der Waals surface area contributed by atoms with E-state index in [1.165, 1.54) is 5.56 Å². The van der Waals surface area contributed by atoms with E-state index in [1.807, 2.05) is 12.1 Å². The molecule has 17 heavy (non-hydrogen) atoms. The molecule has 1 saturated carbocycles. The molecule has 0 saturated heterocycles. The number of benzene rings is 1. The Morgan fingerprint density at radius 2 is 2.06 bits per heavy atom. The molecule has 1 aromatic rings. The van der Waals surface area contributed by atoms with Crippen molar-refractivity contribution in [3.63, 3.8) is 0 Å². The van der Waals surface area contributed by atoms with Gasteiger partial charge in [0.25, 0.3) is 0 Å². The average molecular weight is 299 g/mol. The van der Waals surface area contributed by atoms with Crippen LogP contribution in [0, 0.1) is 5.41 Å². The van der Waals surface area contributed by atoms with Gasteiger partial charge in [0.2, 0.25) is 0 Å². The summed E-state index contributed by atoms with van der Waals surface area (Å²) in [6, 6.07) is 8.16. The Kier molecular flexibility index (Phi) is 3.91. The first-order valence-corrected chi connectivity index (χ1v) is 6.89. The van der Waals surface area contributed by atoms with E-state index in [1.54, 1.807) is 0 Å². The summed E-state index contributed by atoms with van der Waals surface area (Å²) in [7, 11) is 0. The number of aliphatic hydroxyl groups is 1. The highest BCUT2D eigenvalue weighted by Gasteiger charge is 2.50. The molecule has 0 bridgehead atoms. The van der Waals surface area contributed by atoms with E-state index in [9.17, 15) is 5.11 Å². The minimum Gasteiger partial charge on any atom is -0.392 e. The molecule has 2 rings (SSSR count). The minimum atomic E-state index is -0.206. The van der Waals surface area contributed by atoms with Crippen LogP contribution in [0.1, 0.15) is 32.3 Å². The quantitative estimate of drug-likeness (QED) is 0.922. The largest absolute Gasteiger partial charge is 0.392 e. The van der Waals surface area contributed by atoms with Crippen molar-refractivity contribution in [3.05, 3.63) is 34.3 Å². The molecular weight excluding hydrogens is 280 g/mol. The van der Waals surface area contributed by atoms with E-state index in [0.717, 1.165) is 17.3 Å². The number of hydrogen-bond acceptors (Lipinski definition) is 2. The summed E-state index contributed by atoms with van der Waals surface area (Å²) in [5, 5.41) is 9.78. The lowest BCUT2D eigenvalue weighted by molar-refractivity contribution is -0.190. The molecule has 3 atom stereocenters. The summed E-state index contributed by atoms with van der Waals surface area (Å²) in [6.07, 6.45) is 1.70. The van der Waals surface area contributed by atoms with E-state index in [0.29, 0.717) is 6.61 Å². The fourth-order valence-electron chi connectivity index (χ4n) is 2.29. The maximum atomic E-state index is 9.78. The van der Waals surface area contributed by atoms with E-state index in [4.69, 9.17) is 4.74 Å². The SMILES string of the molecule is CCC1(C)C(O)CC1OCc1ccc(Br)cc1. The molecule has 1 aliphatic rings. The monoisotopic (exact) mass is 298 g/mol. The van der Waals surface area contributed by atoms with E-state index < -0.39 is 0 Å². The zero-order chi connectivity index (χ0) is 12.5. The van der Waals surface area contributed by atoms with Gasteiger partial charge in [-0.1, -0.05) is 41.9 Å². The molecule has 1 aromatic carbocycles. The van der Waals surface area contributed by atoms with Crippen LogP contribution in [-0.2, 0) is 11.3 Å². The average Bonchev–Trinajstić information content (AvgIpc) is 2.35. The third-order valence-electron chi connectivity index (χ3n) is 4.06. The van der Waals surface area contributed by atoms with Gasteiger partial charge < -0.3 is 9.84 Å². The highest BCUT2D eigenvalue weighted by molar-refractivity contribution is 9.10. The van der Waals surface area contributed by atoms with Crippen LogP contribution in [0.5, 0.6) is 0 Å². The molecule has 1 N–H and O–H groups in total. The van der Waals surface area contributed by atoms with Crippen LogP contribution in [-0.4, -0.2) is 17.3 Å². The Morgan fingerprint density at radius 3 is 2.59 bits per heavy atom. The van der Waals surface area contributed by atoms with Crippen LogP contribution < -0.4 is 0 Å². The summed E-state index contributed by atoms with van der Waals surface area (Å²) < 4.78 is 6.99. The van der Waals surface area contributed by atoms with Crippen molar-refractivity contribution < 1.29 is 9.84 Å². The standard InChI is InChI=1S/C14H19BrO2/c1-3-14(2)12(16)8-13(14)17-9-10-4-6-11(15)7-5-10/h4-7,12-13,16H,3,8-9H2,1-2H3. The van der Waals surface area contributed by atoms with Crippen molar-refractivity contribution in [2.24, 2.45) is 5.41 Å². The van der Waals surface area contributed by atoms with Crippen molar-refractivity contribution in [1.29, 1.82) is 0 Å². The smallest absolute Gasteiger partial charge is 0.0720 e. The van der Waals surface area contributed by atoms with Crippen molar-refractivity contribution in [2.75, 3.05) is 0 Å². The molecule has 0 spiro atoms. The second kappa shape index (κ2) is 5.09. The van der Waals surface area contributed by atoms with Gasteiger partial charge in [0.05, 0.1) is 18.8 Å². The highest BCUT2D eigenvalue weighted by atomic mass is 79.9. The topological polar surface area (TPSA) is 29.5 Å². The molecule has 0 amide bonds. The number of aliphatic hydroxyl groups excluding tert-OH is 1. The molecule has 0 aromatic heterocycles. The number of rotatable bonds is 4. The Labute approximate surface area is 111 Å². The molecule has 2 nitrogen and oxygen atoms in total. The van der Waals surface area contributed by atoms with Crippen LogP contribution >= 0.6 is 15.9 Å². The fourth-order valence-corrected chi connectivity index (χ4v) is 2.56. The fraction of sp³-hybridized carbons (Fsp3) is 0.571. The summed E-state index contributed by atoms with van der Waals surface area (Å²) >= 11 is 3.41. The molecular formula is C14H19BrO2. The van der Waals surface area contributed by atoms with Crippen molar-refractivity contribution >= 4 is 15.9 Å². The minimum absolute atomic E-state index is 0.0602. The van der Waals surface area contributed by atoms with Crippen LogP contribution in [0.15, 0.2) is 28.7 Å². The van der Waals surface area contributed by atoms with Gasteiger partial charge in [-0.2, -0.15) is 0 Å². The van der Waals surface area contributed by atoms with Crippen LogP contribution in [0.2, 0.25) is 0 Å². The third kappa shape index (κ3) is 2.56. The summed E-state index contributed by atoms with van der Waals surface area (Å²) in [6.45, 7) is 4.84. The van der Waals surface area contributed by atoms with Gasteiger partial charge in [0.1, 0.15) is 0 Å². The maximum absolute atomic E-state index is 9.78. The maximum Gasteiger partial charge on any atom is 0.0720 e. The first-order valence-electron chi connectivity index (χ1n) is 6.10. The second-order valence-electron chi connectivity index (χ2n) is 5.04. The Morgan fingerprint density at radius 1 is 1.41 bits per heavy atom. The molecule has 0 aliphatic heterocycles. The van der Waals surface area contributed by atoms with Crippen molar-refractivity contribution in [2.45, 2.75) is 45.5 Å². The van der Waals surface area contributed by atoms with Crippen LogP contribution in [0.25, 0.3) is 0 Å². The van der Waals surface area contributed by atoms with E-state index in [-0.39, 0.29) is 17.6 Å². The van der Waals surface area contributed by atoms with Gasteiger partial charge in [0, 0.05) is 16.3 Å². The summed E-state index contributed by atoms with van der Waals surface area (Å²) in [5.74, 6) is 0. The first kappa shape index (κ1) is 13.1. The second-order valence-corrected chi connectivity index (χ2v) is 5.95. The Bertz CT molecular complexity index is 376. The molecule has 0 heterocycles. The normalized spacial score (nSPS) is 32.2. The lowest BCUT2D eigenvalue weighted by atomic mass is 9.63. The van der Waals surface area contributed by atoms with Crippen molar-refractivity contribution in [3.8, 4) is 0 Å². The molecule has 1 fully saturated rings. The third-order valence-corrected chi connectivity index (χ3v) is 4.59. The Balaban J connectivity index is 1.89. The van der Waals surface area contributed by atoms with E-state index in [2.05, 4.69) is 41.9 Å². The predicted octanol–water partition coefficient (Wildman–Crippen LogP) is 3.52. The number of hydrogen-bond donors (Lipinski definition) is 1. The van der Waals surface area contributed by atoms with Crippen molar-refractivity contribution in [1.82, 2.24) is 0 Å². The van der Waals surface area contributed by atoms with Gasteiger partial charge in [-0.3, -0.25) is 0 Å². The van der Waals surface area contributed by atoms with Crippen LogP contribution in [0.4, 0.5) is 0 Å². The molecule has 3 heteroatoms. The van der Waals surface area contributed by atoms with Gasteiger partial charge in [-0.25, -0.2) is 0 Å². The summed E-state index contributed by atoms with van der Waals surface area (Å²) in [4.78, 5) is 0. The first-order chi connectivity index (χ1) is 8.06. The number of halogens is 1. The number of ether oxygens (including phenoxy) is 1. The molecule has 94 valence electrons. The zero-order valence-electron chi connectivity index (χ0n) is 10.3. The van der Waals surface area contributed by atoms with Gasteiger partial charge in [-0.05, 0) is 24.1 Å². The van der Waals surface area contributed by atoms with Gasteiger partial charge in [0.15, 0.2) is 0 Å². The van der Waals surface area contributed by atoms with Gasteiger partial charge in [-0.15, -0.1) is 0 Å². The van der Waals surface area contributed by atoms with Crippen LogP contribution in [0.3, 0.4) is 0 Å². The molecule has 1 aliphatic carbocycles. The lowest BCUT2D eigenvalue weighted by Crippen LogP contribution is -2.55. The molecule has 3 unspecified atom stereocenters. The Hall–Kier alpha value is -0.380. The highest BCUT2D eigenvalue weighted by Crippen LogP contribution is 2.46.